The fourth-order valence-electron chi connectivity index (χ4n) is 2.27. The lowest BCUT2D eigenvalue weighted by Gasteiger charge is -2.24. The van der Waals surface area contributed by atoms with Crippen LogP contribution in [0.1, 0.15) is 33.1 Å². The van der Waals surface area contributed by atoms with Crippen molar-refractivity contribution in [2.24, 2.45) is 11.7 Å². The van der Waals surface area contributed by atoms with Crippen molar-refractivity contribution in [1.29, 1.82) is 0 Å². The highest BCUT2D eigenvalue weighted by Crippen LogP contribution is 2.26. The Kier molecular flexibility index (Phi) is 5.30. The third kappa shape index (κ3) is 3.61. The van der Waals surface area contributed by atoms with E-state index >= 15 is 0 Å². The monoisotopic (exact) mass is 279 g/mol. The molecule has 100 valence electrons. The van der Waals surface area contributed by atoms with Crippen molar-refractivity contribution in [1.82, 2.24) is 9.03 Å². The Bertz CT molecular complexity index is 366. The molecule has 0 aromatic heterocycles. The maximum absolute atomic E-state index is 12.0. The smallest absolute Gasteiger partial charge is 0.279 e. The molecule has 1 aliphatic rings. The van der Waals surface area contributed by atoms with E-state index in [0.29, 0.717) is 18.1 Å². The molecule has 3 N–H and O–H groups in total. The van der Waals surface area contributed by atoms with Gasteiger partial charge in [0.1, 0.15) is 0 Å². The minimum absolute atomic E-state index is 0.00432. The first-order valence-electron chi connectivity index (χ1n) is 5.99. The molecule has 0 spiro atoms. The van der Waals surface area contributed by atoms with Crippen LogP contribution in [0.25, 0.3) is 0 Å². The molecule has 5 nitrogen and oxygen atoms in total. The molecule has 1 fully saturated rings. The highest BCUT2D eigenvalue weighted by molar-refractivity contribution is 7.87. The molecular weight excluding hydrogens is 258 g/mol. The van der Waals surface area contributed by atoms with Gasteiger partial charge >= 0.3 is 0 Å². The number of thiocarbonyl (C=S) groups is 1. The zero-order chi connectivity index (χ0) is 13.1. The Labute approximate surface area is 109 Å². The maximum atomic E-state index is 12.0. The van der Waals surface area contributed by atoms with E-state index in [0.717, 1.165) is 19.3 Å². The summed E-state index contributed by atoms with van der Waals surface area (Å²) in [5, 5.41) is 0. The first-order valence-corrected chi connectivity index (χ1v) is 7.83. The van der Waals surface area contributed by atoms with Crippen LogP contribution in [-0.2, 0) is 10.2 Å². The normalized spacial score (nSPS) is 25.4. The van der Waals surface area contributed by atoms with Crippen LogP contribution in [-0.4, -0.2) is 36.8 Å². The summed E-state index contributed by atoms with van der Waals surface area (Å²) in [5.41, 5.74) is 5.63. The van der Waals surface area contributed by atoms with Gasteiger partial charge in [0.25, 0.3) is 10.2 Å². The van der Waals surface area contributed by atoms with E-state index in [9.17, 15) is 8.42 Å². The van der Waals surface area contributed by atoms with E-state index < -0.39 is 10.2 Å². The lowest BCUT2D eigenvalue weighted by atomic mass is 10.1. The summed E-state index contributed by atoms with van der Waals surface area (Å²) in [5.74, 6) is -0.00432. The third-order valence-corrected chi connectivity index (χ3v) is 5.33. The Morgan fingerprint density at radius 3 is 2.47 bits per heavy atom. The van der Waals surface area contributed by atoms with Crippen molar-refractivity contribution in [3.8, 4) is 0 Å². The summed E-state index contributed by atoms with van der Waals surface area (Å²) >= 11 is 4.97. The predicted octanol–water partition coefficient (Wildman–Crippen LogP) is 0.617. The number of rotatable bonds is 6. The van der Waals surface area contributed by atoms with Gasteiger partial charge in [-0.15, -0.1) is 0 Å². The van der Waals surface area contributed by atoms with E-state index in [1.54, 1.807) is 0 Å². The molecule has 2 unspecified atom stereocenters. The van der Waals surface area contributed by atoms with Crippen molar-refractivity contribution in [3.05, 3.63) is 0 Å². The van der Waals surface area contributed by atoms with Crippen LogP contribution >= 0.6 is 12.2 Å². The number of hydrogen-bond acceptors (Lipinski definition) is 3. The highest BCUT2D eigenvalue weighted by Gasteiger charge is 2.33. The van der Waals surface area contributed by atoms with Crippen molar-refractivity contribution >= 4 is 27.4 Å². The fraction of sp³-hybridized carbons (Fsp3) is 0.900. The third-order valence-electron chi connectivity index (χ3n) is 3.23. The standard InChI is InChI=1S/C10H21N3O2S2/c1-3-13(4-2)17(14,15)12-9-7-5-6-8(9)10(11)16/h8-9,12H,3-7H2,1-2H3,(H2,11,16). The SMILES string of the molecule is CCN(CC)S(=O)(=O)NC1CCCC1C(N)=S. The molecule has 0 bridgehead atoms. The summed E-state index contributed by atoms with van der Waals surface area (Å²) in [6.07, 6.45) is 2.65. The quantitative estimate of drug-likeness (QED) is 0.699. The molecule has 1 saturated carbocycles. The Hall–Kier alpha value is -0.240. The van der Waals surface area contributed by atoms with E-state index in [-0.39, 0.29) is 12.0 Å². The zero-order valence-electron chi connectivity index (χ0n) is 10.3. The van der Waals surface area contributed by atoms with Crippen LogP contribution in [0.5, 0.6) is 0 Å². The van der Waals surface area contributed by atoms with Gasteiger partial charge in [-0.25, -0.2) is 0 Å². The predicted molar refractivity (Wildman–Crippen MR) is 72.9 cm³/mol. The van der Waals surface area contributed by atoms with E-state index in [1.807, 2.05) is 13.8 Å². The molecular formula is C10H21N3O2S2. The van der Waals surface area contributed by atoms with E-state index in [1.165, 1.54) is 4.31 Å². The topological polar surface area (TPSA) is 75.4 Å². The fourth-order valence-corrected chi connectivity index (χ4v) is 4.05. The molecule has 0 radical (unpaired) electrons. The van der Waals surface area contributed by atoms with Crippen LogP contribution in [0.3, 0.4) is 0 Å². The lowest BCUT2D eigenvalue weighted by Crippen LogP contribution is -2.48. The average molecular weight is 279 g/mol. The summed E-state index contributed by atoms with van der Waals surface area (Å²) < 4.78 is 28.2. The van der Waals surface area contributed by atoms with Crippen LogP contribution < -0.4 is 10.5 Å². The average Bonchev–Trinajstić information content (AvgIpc) is 2.66. The molecule has 0 aliphatic heterocycles. The number of nitrogens with zero attached hydrogens (tertiary/aromatic N) is 1. The van der Waals surface area contributed by atoms with Crippen molar-refractivity contribution in [2.75, 3.05) is 13.1 Å². The van der Waals surface area contributed by atoms with Gasteiger partial charge in [-0.1, -0.05) is 32.5 Å². The van der Waals surface area contributed by atoms with Gasteiger partial charge in [-0.2, -0.15) is 17.4 Å². The maximum Gasteiger partial charge on any atom is 0.279 e. The molecule has 1 rings (SSSR count). The Balaban J connectivity index is 2.73. The summed E-state index contributed by atoms with van der Waals surface area (Å²) in [6.45, 7) is 4.58. The van der Waals surface area contributed by atoms with Gasteiger partial charge in [-0.05, 0) is 12.8 Å². The Morgan fingerprint density at radius 1 is 1.41 bits per heavy atom. The van der Waals surface area contributed by atoms with Crippen LogP contribution in [0.15, 0.2) is 0 Å². The number of hydrogen-bond donors (Lipinski definition) is 2. The van der Waals surface area contributed by atoms with Crippen LogP contribution in [0.2, 0.25) is 0 Å². The largest absolute Gasteiger partial charge is 0.393 e. The molecule has 17 heavy (non-hydrogen) atoms. The summed E-state index contributed by atoms with van der Waals surface area (Å²) in [6, 6.07) is -0.141. The first kappa shape index (κ1) is 14.8. The molecule has 1 aliphatic carbocycles. The van der Waals surface area contributed by atoms with Gasteiger partial charge in [0.05, 0.1) is 4.99 Å². The van der Waals surface area contributed by atoms with Gasteiger partial charge in [0.2, 0.25) is 0 Å². The lowest BCUT2D eigenvalue weighted by molar-refractivity contribution is 0.419. The zero-order valence-corrected chi connectivity index (χ0v) is 12.0. The van der Waals surface area contributed by atoms with E-state index in [2.05, 4.69) is 4.72 Å². The molecule has 0 saturated heterocycles. The second kappa shape index (κ2) is 6.08. The first-order chi connectivity index (χ1) is 7.92. The second-order valence-corrected chi connectivity index (χ2v) is 6.43. The highest BCUT2D eigenvalue weighted by atomic mass is 32.2. The molecule has 0 heterocycles. The summed E-state index contributed by atoms with van der Waals surface area (Å²) in [7, 11) is -3.40. The van der Waals surface area contributed by atoms with E-state index in [4.69, 9.17) is 18.0 Å². The van der Waals surface area contributed by atoms with Gasteiger partial charge in [0, 0.05) is 25.0 Å². The molecule has 2 atom stereocenters. The van der Waals surface area contributed by atoms with Crippen molar-refractivity contribution < 1.29 is 8.42 Å². The Morgan fingerprint density at radius 2 is 2.00 bits per heavy atom. The molecule has 0 aromatic carbocycles. The number of nitrogens with one attached hydrogen (secondary N) is 1. The van der Waals surface area contributed by atoms with Crippen LogP contribution in [0.4, 0.5) is 0 Å². The van der Waals surface area contributed by atoms with Crippen molar-refractivity contribution in [2.45, 2.75) is 39.2 Å². The van der Waals surface area contributed by atoms with Gasteiger partial charge in [-0.3, -0.25) is 0 Å². The summed E-state index contributed by atoms with van der Waals surface area (Å²) in [4.78, 5) is 0.412. The molecule has 7 heteroatoms. The minimum Gasteiger partial charge on any atom is -0.393 e. The van der Waals surface area contributed by atoms with Crippen LogP contribution in [0, 0.1) is 5.92 Å². The van der Waals surface area contributed by atoms with Gasteiger partial charge in [0.15, 0.2) is 0 Å². The molecule has 0 aromatic rings. The minimum atomic E-state index is -3.40. The van der Waals surface area contributed by atoms with Crippen molar-refractivity contribution in [3.63, 3.8) is 0 Å². The van der Waals surface area contributed by atoms with Gasteiger partial charge < -0.3 is 5.73 Å². The number of nitrogens with two attached hydrogens (primary N) is 1. The second-order valence-electron chi connectivity index (χ2n) is 4.25. The molecule has 0 amide bonds.